The molecule has 3 saturated heterocycles. The third-order valence-electron chi connectivity index (χ3n) is 4.79. The lowest BCUT2D eigenvalue weighted by Crippen LogP contribution is -2.53. The average molecular weight is 252 g/mol. The van der Waals surface area contributed by atoms with Crippen molar-refractivity contribution >= 4 is 5.91 Å². The molecular formula is C14H24N2O2. The number of carbonyl (C=O) groups is 1. The van der Waals surface area contributed by atoms with E-state index in [1.165, 1.54) is 12.8 Å². The van der Waals surface area contributed by atoms with Gasteiger partial charge < -0.3 is 15.0 Å². The highest BCUT2D eigenvalue weighted by molar-refractivity contribution is 5.85. The highest BCUT2D eigenvalue weighted by atomic mass is 16.5. The zero-order chi connectivity index (χ0) is 12.6. The summed E-state index contributed by atoms with van der Waals surface area (Å²) < 4.78 is 5.71. The first-order valence-corrected chi connectivity index (χ1v) is 7.39. The summed E-state index contributed by atoms with van der Waals surface area (Å²) in [6, 6.07) is 0.919. The lowest BCUT2D eigenvalue weighted by Gasteiger charge is -2.35. The molecule has 3 atom stereocenters. The van der Waals surface area contributed by atoms with Crippen LogP contribution in [0.3, 0.4) is 0 Å². The van der Waals surface area contributed by atoms with Crippen molar-refractivity contribution in [1.82, 2.24) is 10.2 Å². The maximum Gasteiger partial charge on any atom is 0.254 e. The van der Waals surface area contributed by atoms with Crippen molar-refractivity contribution in [1.29, 1.82) is 0 Å². The van der Waals surface area contributed by atoms with Crippen molar-refractivity contribution in [3.8, 4) is 0 Å². The Kier molecular flexibility index (Phi) is 3.32. The van der Waals surface area contributed by atoms with Crippen molar-refractivity contribution in [3.63, 3.8) is 0 Å². The highest BCUT2D eigenvalue weighted by Crippen LogP contribution is 2.32. The van der Waals surface area contributed by atoms with E-state index in [1.54, 1.807) is 0 Å². The molecule has 1 N–H and O–H groups in total. The molecule has 0 aromatic heterocycles. The lowest BCUT2D eigenvalue weighted by atomic mass is 9.98. The summed E-state index contributed by atoms with van der Waals surface area (Å²) in [7, 11) is 0. The molecule has 0 radical (unpaired) electrons. The molecule has 4 heteroatoms. The molecule has 0 aromatic rings. The first-order chi connectivity index (χ1) is 8.71. The van der Waals surface area contributed by atoms with Crippen LogP contribution in [0.5, 0.6) is 0 Å². The molecule has 18 heavy (non-hydrogen) atoms. The molecule has 4 nitrogen and oxygen atoms in total. The molecule has 1 amide bonds. The van der Waals surface area contributed by atoms with Crippen LogP contribution in [0.2, 0.25) is 0 Å². The van der Waals surface area contributed by atoms with Gasteiger partial charge in [-0.3, -0.25) is 4.79 Å². The fourth-order valence-electron chi connectivity index (χ4n) is 3.75. The van der Waals surface area contributed by atoms with Crippen LogP contribution in [-0.4, -0.2) is 48.2 Å². The van der Waals surface area contributed by atoms with Crippen molar-refractivity contribution < 1.29 is 9.53 Å². The summed E-state index contributed by atoms with van der Waals surface area (Å²) in [4.78, 5) is 14.8. The van der Waals surface area contributed by atoms with Crippen LogP contribution in [0.25, 0.3) is 0 Å². The van der Waals surface area contributed by atoms with E-state index in [0.717, 1.165) is 45.4 Å². The maximum atomic E-state index is 12.7. The average Bonchev–Trinajstić information content (AvgIpc) is 3.09. The van der Waals surface area contributed by atoms with E-state index in [4.69, 9.17) is 4.74 Å². The second-order valence-electron chi connectivity index (χ2n) is 6.09. The first kappa shape index (κ1) is 12.4. The lowest BCUT2D eigenvalue weighted by molar-refractivity contribution is -0.152. The van der Waals surface area contributed by atoms with E-state index < -0.39 is 5.60 Å². The minimum Gasteiger partial charge on any atom is -0.365 e. The standard InChI is InChI=1S/C14H24N2O2/c1-14(7-4-10-18-14)13(17)16-9-3-6-12(16)11-5-2-8-15-11/h11-12,15H,2-10H2,1H3. The van der Waals surface area contributed by atoms with Gasteiger partial charge in [0.15, 0.2) is 0 Å². The van der Waals surface area contributed by atoms with Gasteiger partial charge in [0.05, 0.1) is 0 Å². The monoisotopic (exact) mass is 252 g/mol. The fourth-order valence-corrected chi connectivity index (χ4v) is 3.75. The van der Waals surface area contributed by atoms with Gasteiger partial charge in [0.1, 0.15) is 5.60 Å². The van der Waals surface area contributed by atoms with Crippen molar-refractivity contribution in [3.05, 3.63) is 0 Å². The van der Waals surface area contributed by atoms with Crippen LogP contribution in [0.4, 0.5) is 0 Å². The Labute approximate surface area is 109 Å². The quantitative estimate of drug-likeness (QED) is 0.805. The molecule has 0 spiro atoms. The Balaban J connectivity index is 1.71. The van der Waals surface area contributed by atoms with Gasteiger partial charge in [-0.25, -0.2) is 0 Å². The first-order valence-electron chi connectivity index (χ1n) is 7.39. The summed E-state index contributed by atoms with van der Waals surface area (Å²) >= 11 is 0. The Morgan fingerprint density at radius 1 is 1.33 bits per heavy atom. The van der Waals surface area contributed by atoms with Gasteiger partial charge in [-0.05, 0) is 52.0 Å². The van der Waals surface area contributed by atoms with Gasteiger partial charge in [-0.2, -0.15) is 0 Å². The van der Waals surface area contributed by atoms with Crippen molar-refractivity contribution in [2.75, 3.05) is 19.7 Å². The summed E-state index contributed by atoms with van der Waals surface area (Å²) in [5, 5.41) is 3.55. The molecule has 3 aliphatic heterocycles. The molecule has 0 saturated carbocycles. The van der Waals surface area contributed by atoms with Crippen LogP contribution < -0.4 is 5.32 Å². The van der Waals surface area contributed by atoms with Crippen molar-refractivity contribution in [2.45, 2.75) is 63.1 Å². The van der Waals surface area contributed by atoms with Gasteiger partial charge in [-0.1, -0.05) is 0 Å². The number of hydrogen-bond acceptors (Lipinski definition) is 3. The zero-order valence-electron chi connectivity index (χ0n) is 11.3. The normalized spacial score (nSPS) is 40.6. The van der Waals surface area contributed by atoms with Crippen LogP contribution in [0, 0.1) is 0 Å². The van der Waals surface area contributed by atoms with Gasteiger partial charge in [0.25, 0.3) is 5.91 Å². The predicted octanol–water partition coefficient (Wildman–Crippen LogP) is 1.30. The molecule has 3 fully saturated rings. The number of amides is 1. The largest absolute Gasteiger partial charge is 0.365 e. The smallest absolute Gasteiger partial charge is 0.254 e. The van der Waals surface area contributed by atoms with E-state index in [0.29, 0.717) is 12.1 Å². The van der Waals surface area contributed by atoms with Crippen LogP contribution in [0.15, 0.2) is 0 Å². The minimum atomic E-state index is -0.540. The zero-order valence-corrected chi connectivity index (χ0v) is 11.3. The second kappa shape index (κ2) is 4.82. The Morgan fingerprint density at radius 3 is 2.89 bits per heavy atom. The van der Waals surface area contributed by atoms with E-state index in [1.807, 2.05) is 6.92 Å². The van der Waals surface area contributed by atoms with Crippen LogP contribution >= 0.6 is 0 Å². The Bertz CT molecular complexity index is 320. The fraction of sp³-hybridized carbons (Fsp3) is 0.929. The van der Waals surface area contributed by atoms with E-state index >= 15 is 0 Å². The number of carbonyl (C=O) groups excluding carboxylic acids is 1. The molecular weight excluding hydrogens is 228 g/mol. The molecule has 3 rings (SSSR count). The van der Waals surface area contributed by atoms with Gasteiger partial charge >= 0.3 is 0 Å². The molecule has 0 bridgehead atoms. The molecule has 3 unspecified atom stereocenters. The molecule has 3 aliphatic rings. The van der Waals surface area contributed by atoms with Gasteiger partial charge in [0, 0.05) is 25.2 Å². The molecule has 0 aliphatic carbocycles. The SMILES string of the molecule is CC1(C(=O)N2CCCC2C2CCCN2)CCCO1. The summed E-state index contributed by atoms with van der Waals surface area (Å²) in [6.07, 6.45) is 6.66. The van der Waals surface area contributed by atoms with Gasteiger partial charge in [-0.15, -0.1) is 0 Å². The van der Waals surface area contributed by atoms with E-state index in [9.17, 15) is 4.79 Å². The van der Waals surface area contributed by atoms with Crippen molar-refractivity contribution in [2.24, 2.45) is 0 Å². The summed E-state index contributed by atoms with van der Waals surface area (Å²) in [5.74, 6) is 0.233. The summed E-state index contributed by atoms with van der Waals surface area (Å²) in [6.45, 7) is 4.74. The van der Waals surface area contributed by atoms with Crippen LogP contribution in [0.1, 0.15) is 45.4 Å². The van der Waals surface area contributed by atoms with E-state index in [2.05, 4.69) is 10.2 Å². The molecule has 102 valence electrons. The van der Waals surface area contributed by atoms with Crippen LogP contribution in [-0.2, 0) is 9.53 Å². The third-order valence-corrected chi connectivity index (χ3v) is 4.79. The third kappa shape index (κ3) is 2.05. The maximum absolute atomic E-state index is 12.7. The number of hydrogen-bond donors (Lipinski definition) is 1. The number of ether oxygens (including phenoxy) is 1. The van der Waals surface area contributed by atoms with E-state index in [-0.39, 0.29) is 5.91 Å². The molecule has 0 aromatic carbocycles. The Hall–Kier alpha value is -0.610. The molecule has 3 heterocycles. The number of likely N-dealkylation sites (tertiary alicyclic amines) is 1. The predicted molar refractivity (Wildman–Crippen MR) is 69.4 cm³/mol. The number of nitrogens with one attached hydrogen (secondary N) is 1. The second-order valence-corrected chi connectivity index (χ2v) is 6.09. The minimum absolute atomic E-state index is 0.233. The topological polar surface area (TPSA) is 41.6 Å². The highest BCUT2D eigenvalue weighted by Gasteiger charge is 2.45. The Morgan fingerprint density at radius 2 is 2.22 bits per heavy atom. The number of nitrogens with zero attached hydrogens (tertiary/aromatic N) is 1. The number of rotatable bonds is 2. The summed E-state index contributed by atoms with van der Waals surface area (Å²) in [5.41, 5.74) is -0.540. The van der Waals surface area contributed by atoms with Gasteiger partial charge in [0.2, 0.25) is 0 Å².